The highest BCUT2D eigenvalue weighted by Gasteiger charge is 2.13. The Morgan fingerprint density at radius 1 is 1.19 bits per heavy atom. The number of hydrogen-bond donors (Lipinski definition) is 2. The van der Waals surface area contributed by atoms with Crippen molar-refractivity contribution in [3.8, 4) is 0 Å². The molecular weight excluding hydrogens is 368 g/mol. The third-order valence-corrected chi connectivity index (χ3v) is 4.12. The summed E-state index contributed by atoms with van der Waals surface area (Å²) in [5.74, 6) is 0.124. The summed E-state index contributed by atoms with van der Waals surface area (Å²) in [7, 11) is 1.31. The molecule has 2 N–H and O–H groups in total. The molecule has 0 aliphatic carbocycles. The van der Waals surface area contributed by atoms with Crippen LogP contribution in [0.15, 0.2) is 24.3 Å². The van der Waals surface area contributed by atoms with Gasteiger partial charge >= 0.3 is 5.97 Å². The number of nitrogens with zero attached hydrogens (tertiary/aromatic N) is 2. The second-order valence-corrected chi connectivity index (χ2v) is 6.37. The maximum absolute atomic E-state index is 12.3. The molecule has 0 fully saturated rings. The van der Waals surface area contributed by atoms with E-state index in [2.05, 4.69) is 27.5 Å². The smallest absolute Gasteiger partial charge is 0.337 e. The van der Waals surface area contributed by atoms with Gasteiger partial charge in [0.25, 0.3) is 5.91 Å². The highest BCUT2D eigenvalue weighted by molar-refractivity contribution is 6.33. The Morgan fingerprint density at radius 3 is 2.67 bits per heavy atom. The van der Waals surface area contributed by atoms with Crippen molar-refractivity contribution in [2.75, 3.05) is 19.0 Å². The molecule has 27 heavy (non-hydrogen) atoms. The highest BCUT2D eigenvalue weighted by atomic mass is 35.5. The summed E-state index contributed by atoms with van der Waals surface area (Å²) < 4.78 is 4.72. The van der Waals surface area contributed by atoms with Gasteiger partial charge in [0.05, 0.1) is 23.4 Å². The SMILES string of the molecule is CCCCCNC(=O)c1cc(Nc2cc(C(=O)OC)ccc2Cl)nc(C)n1. The average molecular weight is 391 g/mol. The monoisotopic (exact) mass is 390 g/mol. The van der Waals surface area contributed by atoms with E-state index in [1.54, 1.807) is 31.2 Å². The number of carbonyl (C=O) groups is 2. The molecule has 1 aromatic carbocycles. The summed E-state index contributed by atoms with van der Waals surface area (Å²) in [4.78, 5) is 32.5. The van der Waals surface area contributed by atoms with E-state index >= 15 is 0 Å². The van der Waals surface area contributed by atoms with Crippen LogP contribution in [0.5, 0.6) is 0 Å². The lowest BCUT2D eigenvalue weighted by molar-refractivity contribution is 0.0600. The van der Waals surface area contributed by atoms with Gasteiger partial charge in [-0.25, -0.2) is 14.8 Å². The van der Waals surface area contributed by atoms with Crippen LogP contribution in [0.3, 0.4) is 0 Å². The van der Waals surface area contributed by atoms with Gasteiger partial charge in [0.1, 0.15) is 17.3 Å². The van der Waals surface area contributed by atoms with E-state index in [4.69, 9.17) is 16.3 Å². The predicted molar refractivity (Wildman–Crippen MR) is 105 cm³/mol. The lowest BCUT2D eigenvalue weighted by Gasteiger charge is -2.11. The number of esters is 1. The summed E-state index contributed by atoms with van der Waals surface area (Å²) in [5, 5.41) is 6.29. The van der Waals surface area contributed by atoms with E-state index in [9.17, 15) is 9.59 Å². The summed E-state index contributed by atoms with van der Waals surface area (Å²) in [6.07, 6.45) is 3.07. The van der Waals surface area contributed by atoms with Crippen LogP contribution >= 0.6 is 11.6 Å². The summed E-state index contributed by atoms with van der Waals surface area (Å²) >= 11 is 6.20. The van der Waals surface area contributed by atoms with Gasteiger partial charge in [0, 0.05) is 12.6 Å². The van der Waals surface area contributed by atoms with Crippen molar-refractivity contribution in [2.45, 2.75) is 33.1 Å². The first-order chi connectivity index (χ1) is 12.9. The van der Waals surface area contributed by atoms with Gasteiger partial charge in [0.2, 0.25) is 0 Å². The number of methoxy groups -OCH3 is 1. The first-order valence-corrected chi connectivity index (χ1v) is 9.11. The number of unbranched alkanes of at least 4 members (excludes halogenated alkanes) is 2. The van der Waals surface area contributed by atoms with Crippen LogP contribution in [-0.2, 0) is 4.74 Å². The van der Waals surface area contributed by atoms with Crippen molar-refractivity contribution in [2.24, 2.45) is 0 Å². The van der Waals surface area contributed by atoms with E-state index in [1.165, 1.54) is 7.11 Å². The minimum atomic E-state index is -0.472. The molecule has 0 unspecified atom stereocenters. The third-order valence-electron chi connectivity index (χ3n) is 3.79. The normalized spacial score (nSPS) is 10.4. The minimum Gasteiger partial charge on any atom is -0.465 e. The molecule has 0 spiro atoms. The molecule has 2 aromatic rings. The van der Waals surface area contributed by atoms with Gasteiger partial charge in [-0.15, -0.1) is 0 Å². The number of nitrogens with one attached hydrogen (secondary N) is 2. The molecule has 0 atom stereocenters. The van der Waals surface area contributed by atoms with E-state index in [0.717, 1.165) is 19.3 Å². The summed E-state index contributed by atoms with van der Waals surface area (Å²) in [5.41, 5.74) is 1.10. The van der Waals surface area contributed by atoms with Crippen LogP contribution in [-0.4, -0.2) is 35.5 Å². The molecular formula is C19H23ClN4O3. The molecule has 0 radical (unpaired) electrons. The Labute approximate surface area is 163 Å². The first kappa shape index (κ1) is 20.6. The molecule has 1 heterocycles. The van der Waals surface area contributed by atoms with E-state index in [1.807, 2.05) is 0 Å². The lowest BCUT2D eigenvalue weighted by Crippen LogP contribution is -2.25. The fourth-order valence-corrected chi connectivity index (χ4v) is 2.58. The van der Waals surface area contributed by atoms with Crippen molar-refractivity contribution in [1.29, 1.82) is 0 Å². The molecule has 1 aromatic heterocycles. The number of benzene rings is 1. The molecule has 7 nitrogen and oxygen atoms in total. The van der Waals surface area contributed by atoms with E-state index in [0.29, 0.717) is 34.5 Å². The van der Waals surface area contributed by atoms with Crippen molar-refractivity contribution in [3.05, 3.63) is 46.4 Å². The Bertz CT molecular complexity index is 827. The number of ether oxygens (including phenoxy) is 1. The second-order valence-electron chi connectivity index (χ2n) is 5.96. The largest absolute Gasteiger partial charge is 0.465 e. The number of hydrogen-bond acceptors (Lipinski definition) is 6. The Kier molecular flexibility index (Phi) is 7.55. The number of amides is 1. The maximum atomic E-state index is 12.3. The standard InChI is InChI=1S/C19H23ClN4O3/c1-4-5-6-9-21-18(25)16-11-17(23-12(2)22-16)24-15-10-13(19(26)27-3)7-8-14(15)20/h7-8,10-11H,4-6,9H2,1-3H3,(H,21,25)(H,22,23,24). The topological polar surface area (TPSA) is 93.2 Å². The van der Waals surface area contributed by atoms with Crippen LogP contribution in [0.25, 0.3) is 0 Å². The average Bonchev–Trinajstić information content (AvgIpc) is 2.65. The van der Waals surface area contributed by atoms with Crippen LogP contribution < -0.4 is 10.6 Å². The zero-order chi connectivity index (χ0) is 19.8. The second kappa shape index (κ2) is 9.87. The lowest BCUT2D eigenvalue weighted by atomic mass is 10.2. The van der Waals surface area contributed by atoms with E-state index < -0.39 is 5.97 Å². The van der Waals surface area contributed by atoms with Crippen molar-refractivity contribution in [1.82, 2.24) is 15.3 Å². The quantitative estimate of drug-likeness (QED) is 0.524. The van der Waals surface area contributed by atoms with Gasteiger partial charge in [0.15, 0.2) is 0 Å². The fraction of sp³-hybridized carbons (Fsp3) is 0.368. The molecule has 0 saturated carbocycles. The van der Waals surface area contributed by atoms with Gasteiger partial charge in [-0.2, -0.15) is 0 Å². The summed E-state index contributed by atoms with van der Waals surface area (Å²) in [6, 6.07) is 6.27. The molecule has 0 aliphatic rings. The molecule has 0 saturated heterocycles. The minimum absolute atomic E-state index is 0.255. The zero-order valence-electron chi connectivity index (χ0n) is 15.6. The molecule has 0 aliphatic heterocycles. The van der Waals surface area contributed by atoms with Crippen LogP contribution in [0.2, 0.25) is 5.02 Å². The van der Waals surface area contributed by atoms with Crippen molar-refractivity contribution >= 4 is 35.0 Å². The fourth-order valence-electron chi connectivity index (χ4n) is 2.42. The van der Waals surface area contributed by atoms with E-state index in [-0.39, 0.29) is 11.6 Å². The molecule has 8 heteroatoms. The number of aryl methyl sites for hydroxylation is 1. The van der Waals surface area contributed by atoms with Gasteiger partial charge in [-0.3, -0.25) is 4.79 Å². The number of anilines is 2. The summed E-state index contributed by atoms with van der Waals surface area (Å²) in [6.45, 7) is 4.41. The predicted octanol–water partition coefficient (Wildman–Crippen LogP) is 3.89. The zero-order valence-corrected chi connectivity index (χ0v) is 16.4. The van der Waals surface area contributed by atoms with Crippen molar-refractivity contribution < 1.29 is 14.3 Å². The Balaban J connectivity index is 2.19. The Hall–Kier alpha value is -2.67. The van der Waals surface area contributed by atoms with Gasteiger partial charge in [-0.1, -0.05) is 31.4 Å². The van der Waals surface area contributed by atoms with Crippen molar-refractivity contribution in [3.63, 3.8) is 0 Å². The molecule has 2 rings (SSSR count). The first-order valence-electron chi connectivity index (χ1n) is 8.73. The maximum Gasteiger partial charge on any atom is 0.337 e. The van der Waals surface area contributed by atoms with Crippen LogP contribution in [0.1, 0.15) is 52.9 Å². The molecule has 0 bridgehead atoms. The van der Waals surface area contributed by atoms with Gasteiger partial charge in [-0.05, 0) is 31.5 Å². The van der Waals surface area contributed by atoms with Crippen LogP contribution in [0, 0.1) is 6.92 Å². The Morgan fingerprint density at radius 2 is 1.96 bits per heavy atom. The van der Waals surface area contributed by atoms with Gasteiger partial charge < -0.3 is 15.4 Å². The van der Waals surface area contributed by atoms with Crippen LogP contribution in [0.4, 0.5) is 11.5 Å². The number of halogens is 1. The highest BCUT2D eigenvalue weighted by Crippen LogP contribution is 2.26. The number of rotatable bonds is 8. The number of carbonyl (C=O) groups excluding carboxylic acids is 2. The number of aromatic nitrogens is 2. The third kappa shape index (κ3) is 5.92. The molecule has 144 valence electrons. The molecule has 1 amide bonds.